The zero-order chi connectivity index (χ0) is 24.0. The van der Waals surface area contributed by atoms with Gasteiger partial charge in [-0.15, -0.1) is 0 Å². The normalized spacial score (nSPS) is 16.5. The van der Waals surface area contributed by atoms with Gasteiger partial charge in [0.05, 0.1) is 25.7 Å². The number of hydrogen-bond donors (Lipinski definition) is 1. The molecular formula is C24H33N3O5S. The van der Waals surface area contributed by atoms with Crippen molar-refractivity contribution in [2.75, 3.05) is 45.8 Å². The number of nitrogens with one attached hydrogen (secondary N) is 1. The summed E-state index contributed by atoms with van der Waals surface area (Å²) in [6.07, 6.45) is 2.48. The number of likely N-dealkylation sites (N-methyl/N-ethyl adjacent to an activating group) is 1. The van der Waals surface area contributed by atoms with E-state index in [2.05, 4.69) is 29.3 Å². The molecule has 1 aliphatic heterocycles. The first-order chi connectivity index (χ1) is 15.7. The number of nitrogens with zero attached hydrogens (tertiary/aromatic N) is 2. The van der Waals surface area contributed by atoms with E-state index in [-0.39, 0.29) is 17.3 Å². The second-order valence-electron chi connectivity index (χ2n) is 8.41. The van der Waals surface area contributed by atoms with Crippen LogP contribution in [0.5, 0.6) is 11.5 Å². The number of carbonyl (C=O) groups is 1. The largest absolute Gasteiger partial charge is 0.493 e. The molecule has 9 heteroatoms. The van der Waals surface area contributed by atoms with Gasteiger partial charge in [0.2, 0.25) is 15.9 Å². The van der Waals surface area contributed by atoms with Gasteiger partial charge in [-0.1, -0.05) is 19.1 Å². The number of carbonyl (C=O) groups excluding carboxylic acids is 1. The molecule has 1 unspecified atom stereocenters. The number of benzene rings is 2. The summed E-state index contributed by atoms with van der Waals surface area (Å²) in [5.74, 6) is 1.05. The molecule has 0 aromatic heterocycles. The molecule has 2 aromatic carbocycles. The Morgan fingerprint density at radius 1 is 1.12 bits per heavy atom. The van der Waals surface area contributed by atoms with E-state index in [0.717, 1.165) is 23.0 Å². The van der Waals surface area contributed by atoms with E-state index in [1.165, 1.54) is 58.0 Å². The van der Waals surface area contributed by atoms with Crippen LogP contribution in [0, 0.1) is 5.92 Å². The van der Waals surface area contributed by atoms with Crippen molar-refractivity contribution >= 4 is 21.6 Å². The number of sulfonamides is 1. The molecule has 0 radical (unpaired) electrons. The molecule has 0 saturated carbocycles. The lowest BCUT2D eigenvalue weighted by molar-refractivity contribution is -0.121. The molecule has 1 atom stereocenters. The molecule has 1 aliphatic rings. The topological polar surface area (TPSA) is 88.2 Å². The molecule has 33 heavy (non-hydrogen) atoms. The summed E-state index contributed by atoms with van der Waals surface area (Å²) in [7, 11) is 0.421. The van der Waals surface area contributed by atoms with Crippen molar-refractivity contribution in [2.24, 2.45) is 5.92 Å². The number of anilines is 1. The number of rotatable bonds is 9. The molecule has 1 amide bonds. The third kappa shape index (κ3) is 6.17. The summed E-state index contributed by atoms with van der Waals surface area (Å²) in [6, 6.07) is 12.5. The molecule has 1 saturated heterocycles. The Morgan fingerprint density at radius 3 is 2.45 bits per heavy atom. The van der Waals surface area contributed by atoms with Gasteiger partial charge in [-0.2, -0.15) is 4.31 Å². The average Bonchev–Trinajstić information content (AvgIpc) is 2.82. The van der Waals surface area contributed by atoms with E-state index in [1.807, 2.05) is 12.1 Å². The summed E-state index contributed by atoms with van der Waals surface area (Å²) in [4.78, 5) is 14.8. The second kappa shape index (κ2) is 10.9. The molecule has 1 heterocycles. The van der Waals surface area contributed by atoms with E-state index >= 15 is 0 Å². The first-order valence-corrected chi connectivity index (χ1v) is 12.5. The van der Waals surface area contributed by atoms with Crippen LogP contribution in [0.4, 0.5) is 5.69 Å². The van der Waals surface area contributed by atoms with E-state index < -0.39 is 10.0 Å². The predicted molar refractivity (Wildman–Crippen MR) is 128 cm³/mol. The summed E-state index contributed by atoms with van der Waals surface area (Å²) in [5.41, 5.74) is 2.15. The number of hydrogen-bond acceptors (Lipinski definition) is 6. The van der Waals surface area contributed by atoms with Gasteiger partial charge in [0.15, 0.2) is 11.5 Å². The summed E-state index contributed by atoms with van der Waals surface area (Å²) in [6.45, 7) is 4.46. The fraction of sp³-hybridized carbons (Fsp3) is 0.458. The van der Waals surface area contributed by atoms with E-state index in [1.54, 1.807) is 0 Å². The lowest BCUT2D eigenvalue weighted by Gasteiger charge is -2.32. The smallest absolute Gasteiger partial charge is 0.243 e. The molecule has 0 aliphatic carbocycles. The number of methoxy groups -OCH3 is 2. The van der Waals surface area contributed by atoms with Gasteiger partial charge < -0.3 is 19.7 Å². The Labute approximate surface area is 196 Å². The highest BCUT2D eigenvalue weighted by molar-refractivity contribution is 7.89. The third-order valence-corrected chi connectivity index (χ3v) is 7.68. The first-order valence-electron chi connectivity index (χ1n) is 11.0. The predicted octanol–water partition coefficient (Wildman–Crippen LogP) is 2.88. The molecule has 1 fully saturated rings. The second-order valence-corrected chi connectivity index (χ2v) is 10.5. The Morgan fingerprint density at radius 2 is 1.82 bits per heavy atom. The van der Waals surface area contributed by atoms with E-state index in [0.29, 0.717) is 24.0 Å². The maximum Gasteiger partial charge on any atom is 0.243 e. The maximum atomic E-state index is 12.9. The lowest BCUT2D eigenvalue weighted by atomic mass is 9.99. The quantitative estimate of drug-likeness (QED) is 0.600. The number of ether oxygens (including phenoxy) is 2. The van der Waals surface area contributed by atoms with Crippen molar-refractivity contribution in [1.82, 2.24) is 9.62 Å². The van der Waals surface area contributed by atoms with Crippen LogP contribution < -0.4 is 19.7 Å². The van der Waals surface area contributed by atoms with E-state index in [4.69, 9.17) is 9.47 Å². The maximum absolute atomic E-state index is 12.9. The fourth-order valence-corrected chi connectivity index (χ4v) is 5.09. The van der Waals surface area contributed by atoms with Crippen molar-refractivity contribution < 1.29 is 22.7 Å². The van der Waals surface area contributed by atoms with Crippen LogP contribution in [-0.2, 0) is 21.4 Å². The molecule has 0 spiro atoms. The Kier molecular flexibility index (Phi) is 8.20. The molecule has 180 valence electrons. The highest BCUT2D eigenvalue weighted by Gasteiger charge is 2.24. The molecule has 1 N–H and O–H groups in total. The van der Waals surface area contributed by atoms with Gasteiger partial charge in [-0.05, 0) is 48.6 Å². The van der Waals surface area contributed by atoms with Crippen LogP contribution >= 0.6 is 0 Å². The Balaban J connectivity index is 1.56. The number of amides is 1. The highest BCUT2D eigenvalue weighted by atomic mass is 32.2. The van der Waals surface area contributed by atoms with Crippen molar-refractivity contribution in [2.45, 2.75) is 31.2 Å². The van der Waals surface area contributed by atoms with Crippen molar-refractivity contribution in [1.29, 1.82) is 0 Å². The van der Waals surface area contributed by atoms with Crippen LogP contribution in [0.3, 0.4) is 0 Å². The summed E-state index contributed by atoms with van der Waals surface area (Å²) < 4.78 is 37.1. The SMILES string of the molecule is COc1ccc(S(=O)(=O)N(C)CC(=O)NCc2ccc(N3CCCC(C)C3)cc2)cc1OC. The molecular weight excluding hydrogens is 442 g/mol. The Bertz CT molecular complexity index is 1060. The van der Waals surface area contributed by atoms with Gasteiger partial charge in [0.25, 0.3) is 0 Å². The van der Waals surface area contributed by atoms with E-state index in [9.17, 15) is 13.2 Å². The van der Waals surface area contributed by atoms with Gasteiger partial charge in [0, 0.05) is 38.4 Å². The zero-order valence-electron chi connectivity index (χ0n) is 19.7. The van der Waals surface area contributed by atoms with Crippen LogP contribution in [-0.4, -0.2) is 59.5 Å². The van der Waals surface area contributed by atoms with Crippen molar-refractivity contribution in [3.8, 4) is 11.5 Å². The highest BCUT2D eigenvalue weighted by Crippen LogP contribution is 2.30. The third-order valence-electron chi connectivity index (χ3n) is 5.88. The van der Waals surface area contributed by atoms with Crippen LogP contribution in [0.25, 0.3) is 0 Å². The number of piperidine rings is 1. The van der Waals surface area contributed by atoms with Crippen molar-refractivity contribution in [3.63, 3.8) is 0 Å². The van der Waals surface area contributed by atoms with Crippen molar-refractivity contribution in [3.05, 3.63) is 48.0 Å². The molecule has 3 rings (SSSR count). The van der Waals surface area contributed by atoms with Gasteiger partial charge in [0.1, 0.15) is 0 Å². The fourth-order valence-electron chi connectivity index (χ4n) is 3.95. The Hall–Kier alpha value is -2.78. The summed E-state index contributed by atoms with van der Waals surface area (Å²) >= 11 is 0. The summed E-state index contributed by atoms with van der Waals surface area (Å²) in [5, 5.41) is 2.80. The first kappa shape index (κ1) is 24.9. The zero-order valence-corrected chi connectivity index (χ0v) is 20.5. The monoisotopic (exact) mass is 475 g/mol. The van der Waals surface area contributed by atoms with Crippen LogP contribution in [0.15, 0.2) is 47.4 Å². The van der Waals surface area contributed by atoms with Gasteiger partial charge in [-0.3, -0.25) is 4.79 Å². The molecule has 8 nitrogen and oxygen atoms in total. The van der Waals surface area contributed by atoms with Gasteiger partial charge >= 0.3 is 0 Å². The van der Waals surface area contributed by atoms with Gasteiger partial charge in [-0.25, -0.2) is 8.42 Å². The minimum atomic E-state index is -3.87. The van der Waals surface area contributed by atoms with Crippen LogP contribution in [0.2, 0.25) is 0 Å². The standard InChI is InChI=1S/C24H33N3O5S/c1-18-6-5-13-27(16-18)20-9-7-19(8-10-20)15-25-24(28)17-26(2)33(29,30)21-11-12-22(31-3)23(14-21)32-4/h7-12,14,18H,5-6,13,15-17H2,1-4H3,(H,25,28). The minimum Gasteiger partial charge on any atom is -0.493 e. The lowest BCUT2D eigenvalue weighted by Crippen LogP contribution is -2.38. The molecule has 0 bridgehead atoms. The molecule has 2 aromatic rings. The minimum absolute atomic E-state index is 0.0260. The average molecular weight is 476 g/mol. The van der Waals surface area contributed by atoms with Crippen LogP contribution in [0.1, 0.15) is 25.3 Å².